The van der Waals surface area contributed by atoms with Gasteiger partial charge < -0.3 is 60.7 Å². The number of sulfone groups is 1. The van der Waals surface area contributed by atoms with Crippen LogP contribution in [0.25, 0.3) is 0 Å². The van der Waals surface area contributed by atoms with Crippen LogP contribution >= 0.6 is 0 Å². The Bertz CT molecular complexity index is 2890. The van der Waals surface area contributed by atoms with Crippen molar-refractivity contribution < 1.29 is 66.3 Å². The van der Waals surface area contributed by atoms with Crippen molar-refractivity contribution >= 4 is 74.8 Å². The van der Waals surface area contributed by atoms with Crippen molar-refractivity contribution in [3.63, 3.8) is 0 Å². The number of carbonyl (C=O) groups is 11. The highest BCUT2D eigenvalue weighted by Crippen LogP contribution is 2.26. The van der Waals surface area contributed by atoms with E-state index in [4.69, 9.17) is 0 Å². The molecule has 2 rings (SSSR count). The van der Waals surface area contributed by atoms with Crippen molar-refractivity contribution in [1.29, 1.82) is 0 Å². The third-order valence-electron chi connectivity index (χ3n) is 17.2. The molecule has 526 valence electrons. The van der Waals surface area contributed by atoms with Crippen LogP contribution in [0.4, 0.5) is 0 Å². The number of aliphatic hydroxyl groups is 1. The quantitative estimate of drug-likeness (QED) is 0.149. The summed E-state index contributed by atoms with van der Waals surface area (Å²) in [6.45, 7) is 26.9. The van der Waals surface area contributed by atoms with Crippen LogP contribution in [0.1, 0.15) is 149 Å². The lowest BCUT2D eigenvalue weighted by Crippen LogP contribution is -2.63. The van der Waals surface area contributed by atoms with E-state index in [0.29, 0.717) is 0 Å². The van der Waals surface area contributed by atoms with Crippen LogP contribution in [0.15, 0.2) is 46.7 Å². The molecule has 0 unspecified atom stereocenters. The van der Waals surface area contributed by atoms with E-state index < -0.39 is 166 Å². The number of benzene rings is 1. The first kappa shape index (κ1) is 82.1. The van der Waals surface area contributed by atoms with Crippen LogP contribution in [-0.4, -0.2) is 235 Å². The Kier molecular flexibility index (Phi) is 32.4. The summed E-state index contributed by atoms with van der Waals surface area (Å²) in [5.41, 5.74) is 0. The number of rotatable bonds is 17. The lowest BCUT2D eigenvalue weighted by atomic mass is 9.91. The van der Waals surface area contributed by atoms with Crippen LogP contribution in [0.3, 0.4) is 0 Å². The molecule has 0 saturated carbocycles. The zero-order valence-corrected chi connectivity index (χ0v) is 60.5. The molecule has 26 heteroatoms. The number of carbonyl (C=O) groups excluding carboxylic acids is 11. The maximum absolute atomic E-state index is 15.3. The molecule has 93 heavy (non-hydrogen) atoms. The molecule has 0 bridgehead atoms. The molecule has 0 aliphatic carbocycles. The lowest BCUT2D eigenvalue weighted by molar-refractivity contribution is -0.157. The molecule has 1 fully saturated rings. The Balaban J connectivity index is 3.01. The van der Waals surface area contributed by atoms with E-state index in [1.54, 1.807) is 59.7 Å². The maximum atomic E-state index is 15.3. The van der Waals surface area contributed by atoms with E-state index >= 15 is 19.2 Å². The van der Waals surface area contributed by atoms with Crippen molar-refractivity contribution in [3.05, 3.63) is 41.8 Å². The predicted molar refractivity (Wildman–Crippen MR) is 356 cm³/mol. The zero-order chi connectivity index (χ0) is 71.6. The fourth-order valence-corrected chi connectivity index (χ4v) is 12.5. The number of amides is 11. The predicted octanol–water partition coefficient (Wildman–Crippen LogP) is 3.68. The largest absolute Gasteiger partial charge is 0.390 e. The van der Waals surface area contributed by atoms with Crippen LogP contribution < -0.4 is 21.3 Å². The highest BCUT2D eigenvalue weighted by molar-refractivity contribution is 7.94. The smallest absolute Gasteiger partial charge is 0.246 e. The summed E-state index contributed by atoms with van der Waals surface area (Å²) in [4.78, 5) is 169. The number of allylic oxidation sites excluding steroid dienone is 1. The highest BCUT2D eigenvalue weighted by atomic mass is 32.2. The van der Waals surface area contributed by atoms with Gasteiger partial charge in [0.1, 0.15) is 60.4 Å². The molecular formula is C67H113N11O14S. The Labute approximate surface area is 554 Å². The molecule has 1 heterocycles. The maximum Gasteiger partial charge on any atom is 0.246 e. The number of nitrogens with zero attached hydrogens (tertiary/aromatic N) is 7. The monoisotopic (exact) mass is 1330 g/mol. The standard InChI is InChI=1S/C67H113N11O14S/c1-24-48-63(86)72(17)37-53(79)73(18)49(33-38(2)3)60(83)71-54(42(10)11)66(89)74(19)50(34-39(4)5)59(82)68-45(15)58(81)69-46(16)62(85)75(20)51(35-40(6)7)64(87)76(21)52(36-41(8)9)65(88)77(22)55(43(12)13)67(90)78(23)56(61(84)70-48)57(80)44(14)29-28-32-93(91,92)47-30-26-25-27-31-47/h25-28,30-32,38-46,48-52,54-57,80H,24,29,33-37H2,1-23H3,(H,68,82)(H,69,81)(H,70,84)(H,71,83)/b32-28+/t44-,45+,46-,48+,49+,50+,51+,52+,54+,55+,56+,57-/m1/s1. The summed E-state index contributed by atoms with van der Waals surface area (Å²) in [7, 11) is 5.70. The van der Waals surface area contributed by atoms with Crippen molar-refractivity contribution in [2.24, 2.45) is 41.4 Å². The summed E-state index contributed by atoms with van der Waals surface area (Å²) in [5, 5.41) is 24.2. The average Bonchev–Trinajstić information content (AvgIpc) is 0.828. The molecule has 0 aromatic heterocycles. The van der Waals surface area contributed by atoms with Gasteiger partial charge in [-0.2, -0.15) is 0 Å². The first-order valence-corrected chi connectivity index (χ1v) is 34.2. The molecule has 11 amide bonds. The van der Waals surface area contributed by atoms with E-state index in [1.807, 2.05) is 55.4 Å². The minimum absolute atomic E-state index is 0.0199. The number of hydrogen-bond acceptors (Lipinski definition) is 14. The van der Waals surface area contributed by atoms with E-state index in [2.05, 4.69) is 21.3 Å². The van der Waals surface area contributed by atoms with E-state index in [0.717, 1.165) is 15.2 Å². The molecular weight excluding hydrogens is 1210 g/mol. The van der Waals surface area contributed by atoms with Gasteiger partial charge in [0, 0.05) is 54.7 Å². The molecule has 1 saturated heterocycles. The SMILES string of the molecule is CC[C@@H]1NC(=O)[C@H]([C@H](O)[C@H](C)C/C=C/S(=O)(=O)c2ccccc2)N(C)C(=O)[C@H](C(C)C)N(C)C(=O)[C@H](CC(C)C)N(C)C(=O)[C@H](CC(C)C)N(C)C(=O)[C@@H](C)NC(=O)[C@H](C)NC(=O)[C@H](CC(C)C)N(C)C(=O)[C@H](C(C)C)NC(=O)[C@H](CC(C)C)N(C)C(=O)CN(C)C1=O. The van der Waals surface area contributed by atoms with E-state index in [9.17, 15) is 47.1 Å². The van der Waals surface area contributed by atoms with Gasteiger partial charge in [0.15, 0.2) is 9.84 Å². The van der Waals surface area contributed by atoms with Crippen molar-refractivity contribution in [2.45, 2.75) is 221 Å². The molecule has 12 atom stereocenters. The summed E-state index contributed by atoms with van der Waals surface area (Å²) >= 11 is 0. The Morgan fingerprint density at radius 2 is 0.914 bits per heavy atom. The molecule has 1 aromatic rings. The molecule has 1 aliphatic rings. The second kappa shape index (κ2) is 36.6. The van der Waals surface area contributed by atoms with Crippen molar-refractivity contribution in [1.82, 2.24) is 55.6 Å². The summed E-state index contributed by atoms with van der Waals surface area (Å²) < 4.78 is 26.5. The van der Waals surface area contributed by atoms with Gasteiger partial charge in [-0.3, -0.25) is 52.7 Å². The zero-order valence-electron chi connectivity index (χ0n) is 59.7. The lowest BCUT2D eigenvalue weighted by Gasteiger charge is -2.41. The fourth-order valence-electron chi connectivity index (χ4n) is 11.4. The third-order valence-corrected chi connectivity index (χ3v) is 18.7. The second-order valence-electron chi connectivity index (χ2n) is 27.8. The first-order valence-electron chi connectivity index (χ1n) is 32.7. The molecule has 1 aliphatic heterocycles. The average molecular weight is 1330 g/mol. The van der Waals surface area contributed by atoms with Crippen molar-refractivity contribution in [2.75, 3.05) is 55.9 Å². The molecule has 25 nitrogen and oxygen atoms in total. The van der Waals surface area contributed by atoms with Gasteiger partial charge in [0.05, 0.1) is 17.5 Å². The summed E-state index contributed by atoms with van der Waals surface area (Å²) in [6.07, 6.45) is -0.143. The van der Waals surface area contributed by atoms with E-state index in [-0.39, 0.29) is 67.1 Å². The number of likely N-dealkylation sites (N-methyl/N-ethyl adjacent to an activating group) is 7. The summed E-state index contributed by atoms with van der Waals surface area (Å²) in [5.74, 6) is -10.9. The van der Waals surface area contributed by atoms with Crippen LogP contribution in [-0.2, 0) is 62.6 Å². The summed E-state index contributed by atoms with van der Waals surface area (Å²) in [6, 6.07) is -5.37. The van der Waals surface area contributed by atoms with Gasteiger partial charge in [-0.25, -0.2) is 8.42 Å². The minimum Gasteiger partial charge on any atom is -0.390 e. The second-order valence-corrected chi connectivity index (χ2v) is 29.6. The number of hydrogen-bond donors (Lipinski definition) is 5. The van der Waals surface area contributed by atoms with Gasteiger partial charge in [0.25, 0.3) is 0 Å². The highest BCUT2D eigenvalue weighted by Gasteiger charge is 2.46. The van der Waals surface area contributed by atoms with Gasteiger partial charge in [-0.1, -0.05) is 121 Å². The van der Waals surface area contributed by atoms with Crippen LogP contribution in [0.5, 0.6) is 0 Å². The van der Waals surface area contributed by atoms with Gasteiger partial charge in [-0.05, 0) is 106 Å². The van der Waals surface area contributed by atoms with Crippen LogP contribution in [0, 0.1) is 41.4 Å². The number of aliphatic hydroxyl groups excluding tert-OH is 1. The third kappa shape index (κ3) is 22.9. The van der Waals surface area contributed by atoms with Crippen molar-refractivity contribution in [3.8, 4) is 0 Å². The Hall–Kier alpha value is -6.96. The molecule has 0 spiro atoms. The molecule has 1 aromatic carbocycles. The molecule has 0 radical (unpaired) electrons. The van der Waals surface area contributed by atoms with Gasteiger partial charge in [0.2, 0.25) is 65.0 Å². The fraction of sp³-hybridized carbons (Fsp3) is 0.716. The Morgan fingerprint density at radius 1 is 0.484 bits per heavy atom. The normalized spacial score (nSPS) is 25.7. The van der Waals surface area contributed by atoms with Crippen LogP contribution in [0.2, 0.25) is 0 Å². The topological polar surface area (TPSA) is 313 Å². The Morgan fingerprint density at radius 3 is 1.39 bits per heavy atom. The molecule has 5 N–H and O–H groups in total. The first-order chi connectivity index (χ1) is 43.0. The van der Waals surface area contributed by atoms with Gasteiger partial charge in [-0.15, -0.1) is 0 Å². The number of nitrogens with one attached hydrogen (secondary N) is 4. The van der Waals surface area contributed by atoms with E-state index in [1.165, 1.54) is 106 Å². The van der Waals surface area contributed by atoms with Gasteiger partial charge >= 0.3 is 0 Å². The minimum atomic E-state index is -3.94.